The van der Waals surface area contributed by atoms with Crippen LogP contribution in [0.2, 0.25) is 0 Å². The van der Waals surface area contributed by atoms with Crippen molar-refractivity contribution in [2.75, 3.05) is 32.9 Å². The van der Waals surface area contributed by atoms with Gasteiger partial charge in [0.05, 0.1) is 12.7 Å². The molecule has 0 aliphatic carbocycles. The molecule has 1 heterocycles. The van der Waals surface area contributed by atoms with Gasteiger partial charge in [0.1, 0.15) is 6.61 Å². The summed E-state index contributed by atoms with van der Waals surface area (Å²) in [6.07, 6.45) is 1.18. The van der Waals surface area contributed by atoms with Crippen molar-refractivity contribution in [1.82, 2.24) is 4.90 Å². The van der Waals surface area contributed by atoms with E-state index in [2.05, 4.69) is 0 Å². The van der Waals surface area contributed by atoms with Crippen LogP contribution in [0.1, 0.15) is 20.3 Å². The Morgan fingerprint density at radius 1 is 1.57 bits per heavy atom. The van der Waals surface area contributed by atoms with Crippen molar-refractivity contribution in [3.8, 4) is 0 Å². The number of carbonyl (C=O) groups excluding carboxylic acids is 1. The van der Waals surface area contributed by atoms with E-state index >= 15 is 0 Å². The van der Waals surface area contributed by atoms with Gasteiger partial charge in [-0.3, -0.25) is 4.79 Å². The minimum absolute atomic E-state index is 0.0980. The predicted molar refractivity (Wildman–Crippen MR) is 53.1 cm³/mol. The van der Waals surface area contributed by atoms with Gasteiger partial charge in [-0.1, -0.05) is 0 Å². The Morgan fingerprint density at radius 3 is 3.00 bits per heavy atom. The Labute approximate surface area is 85.2 Å². The Kier molecular flexibility index (Phi) is 4.90. The summed E-state index contributed by atoms with van der Waals surface area (Å²) >= 11 is 0. The minimum Gasteiger partial charge on any atom is -0.379 e. The zero-order valence-corrected chi connectivity index (χ0v) is 8.99. The average Bonchev–Trinajstić information content (AvgIpc) is 2.15. The molecule has 0 unspecified atom stereocenters. The van der Waals surface area contributed by atoms with Crippen molar-refractivity contribution in [3.05, 3.63) is 0 Å². The van der Waals surface area contributed by atoms with E-state index in [-0.39, 0.29) is 18.6 Å². The summed E-state index contributed by atoms with van der Waals surface area (Å²) in [6.45, 7) is 7.17. The predicted octanol–water partition coefficient (Wildman–Crippen LogP) is 0.660. The summed E-state index contributed by atoms with van der Waals surface area (Å²) in [7, 11) is 0. The molecule has 82 valence electrons. The van der Waals surface area contributed by atoms with E-state index in [0.717, 1.165) is 26.1 Å². The van der Waals surface area contributed by atoms with Crippen LogP contribution >= 0.6 is 0 Å². The highest BCUT2D eigenvalue weighted by molar-refractivity contribution is 5.77. The number of morpholine rings is 1. The van der Waals surface area contributed by atoms with E-state index < -0.39 is 0 Å². The quantitative estimate of drug-likeness (QED) is 0.613. The average molecular weight is 201 g/mol. The van der Waals surface area contributed by atoms with Crippen molar-refractivity contribution in [2.45, 2.75) is 26.4 Å². The first-order valence-electron chi connectivity index (χ1n) is 5.17. The van der Waals surface area contributed by atoms with Gasteiger partial charge in [0.15, 0.2) is 0 Å². The molecule has 1 amide bonds. The standard InChI is InChI=1S/C10H19NO3/c1-9(2)14-6-3-4-11-5-7-13-8-10(11)12/h9H,3-8H2,1-2H3. The lowest BCUT2D eigenvalue weighted by Crippen LogP contribution is -2.42. The smallest absolute Gasteiger partial charge is 0.248 e. The van der Waals surface area contributed by atoms with E-state index in [4.69, 9.17) is 9.47 Å². The molecule has 1 aliphatic heterocycles. The first-order chi connectivity index (χ1) is 6.70. The van der Waals surface area contributed by atoms with E-state index in [0.29, 0.717) is 6.61 Å². The molecular formula is C10H19NO3. The van der Waals surface area contributed by atoms with Gasteiger partial charge in [-0.05, 0) is 20.3 Å². The molecule has 0 aromatic rings. The van der Waals surface area contributed by atoms with Gasteiger partial charge in [-0.2, -0.15) is 0 Å². The molecule has 1 rings (SSSR count). The van der Waals surface area contributed by atoms with Gasteiger partial charge in [0.25, 0.3) is 0 Å². The number of hydrogen-bond donors (Lipinski definition) is 0. The minimum atomic E-state index is 0.0980. The van der Waals surface area contributed by atoms with Gasteiger partial charge in [0.2, 0.25) is 5.91 Å². The van der Waals surface area contributed by atoms with Gasteiger partial charge in [0, 0.05) is 19.7 Å². The van der Waals surface area contributed by atoms with Crippen LogP contribution < -0.4 is 0 Å². The van der Waals surface area contributed by atoms with Crippen LogP contribution in [-0.2, 0) is 14.3 Å². The molecular weight excluding hydrogens is 182 g/mol. The zero-order chi connectivity index (χ0) is 10.4. The lowest BCUT2D eigenvalue weighted by Gasteiger charge is -2.26. The van der Waals surface area contributed by atoms with Crippen LogP contribution in [-0.4, -0.2) is 49.8 Å². The second-order valence-corrected chi connectivity index (χ2v) is 3.71. The summed E-state index contributed by atoms with van der Waals surface area (Å²) < 4.78 is 10.4. The van der Waals surface area contributed by atoms with Crippen LogP contribution in [0.25, 0.3) is 0 Å². The third-order valence-electron chi connectivity index (χ3n) is 2.11. The molecule has 1 saturated heterocycles. The second kappa shape index (κ2) is 5.98. The van der Waals surface area contributed by atoms with Crippen molar-refractivity contribution < 1.29 is 14.3 Å². The lowest BCUT2D eigenvalue weighted by atomic mass is 10.3. The summed E-state index contributed by atoms with van der Waals surface area (Å²) in [5, 5.41) is 0. The molecule has 0 bridgehead atoms. The molecule has 1 fully saturated rings. The number of hydrogen-bond acceptors (Lipinski definition) is 3. The normalized spacial score (nSPS) is 17.9. The molecule has 4 nitrogen and oxygen atoms in total. The highest BCUT2D eigenvalue weighted by Gasteiger charge is 2.17. The highest BCUT2D eigenvalue weighted by atomic mass is 16.5. The SMILES string of the molecule is CC(C)OCCCN1CCOCC1=O. The van der Waals surface area contributed by atoms with Crippen molar-refractivity contribution in [3.63, 3.8) is 0 Å². The monoisotopic (exact) mass is 201 g/mol. The number of nitrogens with zero attached hydrogens (tertiary/aromatic N) is 1. The van der Waals surface area contributed by atoms with Crippen LogP contribution in [0.4, 0.5) is 0 Å². The van der Waals surface area contributed by atoms with Crippen molar-refractivity contribution >= 4 is 5.91 Å². The molecule has 0 atom stereocenters. The molecule has 4 heteroatoms. The van der Waals surface area contributed by atoms with Crippen LogP contribution in [0.3, 0.4) is 0 Å². The number of carbonyl (C=O) groups is 1. The summed E-state index contributed by atoms with van der Waals surface area (Å²) in [6, 6.07) is 0. The first-order valence-corrected chi connectivity index (χ1v) is 5.17. The molecule has 0 spiro atoms. The van der Waals surface area contributed by atoms with Gasteiger partial charge in [-0.25, -0.2) is 0 Å². The van der Waals surface area contributed by atoms with Crippen LogP contribution in [0, 0.1) is 0 Å². The number of rotatable bonds is 5. The Morgan fingerprint density at radius 2 is 2.36 bits per heavy atom. The highest BCUT2D eigenvalue weighted by Crippen LogP contribution is 2.00. The molecule has 0 saturated carbocycles. The number of amides is 1. The molecule has 14 heavy (non-hydrogen) atoms. The third kappa shape index (κ3) is 4.07. The zero-order valence-electron chi connectivity index (χ0n) is 8.99. The van der Waals surface area contributed by atoms with E-state index in [1.807, 2.05) is 18.7 Å². The summed E-state index contributed by atoms with van der Waals surface area (Å²) in [4.78, 5) is 13.1. The molecule has 0 aromatic carbocycles. The maximum atomic E-state index is 11.3. The first kappa shape index (κ1) is 11.5. The Balaban J connectivity index is 2.07. The van der Waals surface area contributed by atoms with Crippen LogP contribution in [0.15, 0.2) is 0 Å². The Bertz CT molecular complexity index is 182. The molecule has 0 radical (unpaired) electrons. The molecule has 1 aliphatic rings. The van der Waals surface area contributed by atoms with E-state index in [9.17, 15) is 4.79 Å². The summed E-state index contributed by atoms with van der Waals surface area (Å²) in [5.41, 5.74) is 0. The third-order valence-corrected chi connectivity index (χ3v) is 2.11. The van der Waals surface area contributed by atoms with E-state index in [1.54, 1.807) is 0 Å². The fourth-order valence-electron chi connectivity index (χ4n) is 1.36. The van der Waals surface area contributed by atoms with Gasteiger partial charge < -0.3 is 14.4 Å². The van der Waals surface area contributed by atoms with Crippen LogP contribution in [0.5, 0.6) is 0 Å². The second-order valence-electron chi connectivity index (χ2n) is 3.71. The van der Waals surface area contributed by atoms with Crippen molar-refractivity contribution in [2.24, 2.45) is 0 Å². The topological polar surface area (TPSA) is 38.8 Å². The van der Waals surface area contributed by atoms with Gasteiger partial charge >= 0.3 is 0 Å². The van der Waals surface area contributed by atoms with E-state index in [1.165, 1.54) is 0 Å². The fraction of sp³-hybridized carbons (Fsp3) is 0.900. The molecule has 0 aromatic heterocycles. The molecule has 0 N–H and O–H groups in total. The van der Waals surface area contributed by atoms with Crippen molar-refractivity contribution in [1.29, 1.82) is 0 Å². The lowest BCUT2D eigenvalue weighted by molar-refractivity contribution is -0.142. The van der Waals surface area contributed by atoms with Gasteiger partial charge in [-0.15, -0.1) is 0 Å². The summed E-state index contributed by atoms with van der Waals surface area (Å²) in [5.74, 6) is 0.0980. The maximum absolute atomic E-state index is 11.3. The Hall–Kier alpha value is -0.610. The number of ether oxygens (including phenoxy) is 2. The fourth-order valence-corrected chi connectivity index (χ4v) is 1.36. The maximum Gasteiger partial charge on any atom is 0.248 e. The largest absolute Gasteiger partial charge is 0.379 e.